The van der Waals surface area contributed by atoms with Crippen LogP contribution in [-0.4, -0.2) is 57.8 Å². The van der Waals surface area contributed by atoms with Gasteiger partial charge in [-0.1, -0.05) is 54.1 Å². The third kappa shape index (κ3) is 7.45. The molecule has 1 heterocycles. The molecule has 40 heavy (non-hydrogen) atoms. The highest BCUT2D eigenvalue weighted by Gasteiger charge is 2.30. The van der Waals surface area contributed by atoms with Gasteiger partial charge in [0.05, 0.1) is 11.9 Å². The third-order valence-corrected chi connectivity index (χ3v) is 7.98. The van der Waals surface area contributed by atoms with Crippen molar-refractivity contribution in [1.82, 2.24) is 10.2 Å². The van der Waals surface area contributed by atoms with Crippen LogP contribution in [0.5, 0.6) is 11.5 Å². The van der Waals surface area contributed by atoms with Gasteiger partial charge in [0.2, 0.25) is 28.6 Å². The first-order valence-electron chi connectivity index (χ1n) is 12.8. The van der Waals surface area contributed by atoms with Crippen LogP contribution in [-0.2, 0) is 32.6 Å². The first-order valence-corrected chi connectivity index (χ1v) is 15.0. The topological polar surface area (TPSA) is 105 Å². The van der Waals surface area contributed by atoms with E-state index in [0.29, 0.717) is 28.6 Å². The molecule has 0 bridgehead atoms. The van der Waals surface area contributed by atoms with Gasteiger partial charge >= 0.3 is 0 Å². The maximum atomic E-state index is 13.7. The molecule has 0 fully saturated rings. The Morgan fingerprint density at radius 1 is 0.975 bits per heavy atom. The zero-order valence-corrected chi connectivity index (χ0v) is 24.0. The first-order chi connectivity index (χ1) is 19.2. The van der Waals surface area contributed by atoms with Crippen molar-refractivity contribution in [3.63, 3.8) is 0 Å². The largest absolute Gasteiger partial charge is 0.454 e. The molecule has 3 aromatic carbocycles. The lowest BCUT2D eigenvalue weighted by Gasteiger charge is -2.31. The first kappa shape index (κ1) is 29.2. The summed E-state index contributed by atoms with van der Waals surface area (Å²) in [6.07, 6.45) is 1.70. The van der Waals surface area contributed by atoms with Crippen LogP contribution in [0, 0.1) is 0 Å². The molecule has 1 aliphatic rings. The van der Waals surface area contributed by atoms with Crippen LogP contribution in [0.4, 0.5) is 5.69 Å². The van der Waals surface area contributed by atoms with Crippen molar-refractivity contribution >= 4 is 39.1 Å². The minimum absolute atomic E-state index is 0.0272. The SMILES string of the molecule is CNC(=O)C(Cc1ccccc1)N(Cc1cccc(Cl)c1)C(=O)CCCN(c1ccc2c(c1)OCO2)S(C)(=O)=O. The van der Waals surface area contributed by atoms with Gasteiger partial charge in [-0.2, -0.15) is 0 Å². The molecule has 212 valence electrons. The Hall–Kier alpha value is -3.76. The van der Waals surface area contributed by atoms with Crippen LogP contribution in [0.1, 0.15) is 24.0 Å². The van der Waals surface area contributed by atoms with E-state index in [2.05, 4.69) is 5.32 Å². The summed E-state index contributed by atoms with van der Waals surface area (Å²) < 4.78 is 37.3. The van der Waals surface area contributed by atoms with Gasteiger partial charge < -0.3 is 19.7 Å². The van der Waals surface area contributed by atoms with E-state index in [9.17, 15) is 18.0 Å². The Balaban J connectivity index is 1.55. The number of amides is 2. The molecule has 0 spiro atoms. The molecule has 11 heteroatoms. The Labute approximate surface area is 239 Å². The van der Waals surface area contributed by atoms with Crippen LogP contribution in [0.25, 0.3) is 0 Å². The number of hydrogen-bond donors (Lipinski definition) is 1. The number of benzene rings is 3. The van der Waals surface area contributed by atoms with Gasteiger partial charge in [-0.3, -0.25) is 13.9 Å². The second-order valence-electron chi connectivity index (χ2n) is 9.45. The van der Waals surface area contributed by atoms with Crippen molar-refractivity contribution in [3.05, 3.63) is 88.9 Å². The summed E-state index contributed by atoms with van der Waals surface area (Å²) in [6.45, 7) is 0.310. The van der Waals surface area contributed by atoms with E-state index in [1.54, 1.807) is 41.3 Å². The van der Waals surface area contributed by atoms with Crippen LogP contribution in [0.15, 0.2) is 72.8 Å². The Kier molecular flexibility index (Phi) is 9.54. The predicted octanol–water partition coefficient (Wildman–Crippen LogP) is 4.00. The van der Waals surface area contributed by atoms with Gasteiger partial charge in [0.1, 0.15) is 6.04 Å². The molecule has 0 saturated heterocycles. The van der Waals surface area contributed by atoms with E-state index in [-0.39, 0.29) is 44.5 Å². The molecule has 4 rings (SSSR count). The van der Waals surface area contributed by atoms with Gasteiger partial charge in [0, 0.05) is 44.1 Å². The number of carbonyl (C=O) groups excluding carboxylic acids is 2. The van der Waals surface area contributed by atoms with Crippen molar-refractivity contribution in [1.29, 1.82) is 0 Å². The fraction of sp³-hybridized carbons (Fsp3) is 0.310. The van der Waals surface area contributed by atoms with Crippen molar-refractivity contribution in [2.24, 2.45) is 0 Å². The van der Waals surface area contributed by atoms with Crippen molar-refractivity contribution in [2.75, 3.05) is 30.9 Å². The number of sulfonamides is 1. The highest BCUT2D eigenvalue weighted by molar-refractivity contribution is 7.92. The lowest BCUT2D eigenvalue weighted by Crippen LogP contribution is -2.49. The summed E-state index contributed by atoms with van der Waals surface area (Å²) >= 11 is 6.20. The van der Waals surface area contributed by atoms with E-state index in [1.165, 1.54) is 11.4 Å². The van der Waals surface area contributed by atoms with Crippen molar-refractivity contribution in [3.8, 4) is 11.5 Å². The molecule has 0 aliphatic carbocycles. The Morgan fingerprint density at radius 3 is 2.40 bits per heavy atom. The number of ether oxygens (including phenoxy) is 2. The monoisotopic (exact) mass is 585 g/mol. The predicted molar refractivity (Wildman–Crippen MR) is 154 cm³/mol. The molecule has 1 aliphatic heterocycles. The maximum Gasteiger partial charge on any atom is 0.242 e. The summed E-state index contributed by atoms with van der Waals surface area (Å²) in [4.78, 5) is 28.3. The fourth-order valence-corrected chi connectivity index (χ4v) is 5.77. The van der Waals surface area contributed by atoms with E-state index in [1.807, 2.05) is 36.4 Å². The van der Waals surface area contributed by atoms with Gasteiger partial charge in [-0.25, -0.2) is 8.42 Å². The summed E-state index contributed by atoms with van der Waals surface area (Å²) in [6, 6.07) is 20.8. The fourth-order valence-electron chi connectivity index (χ4n) is 4.60. The number of carbonyl (C=O) groups is 2. The summed E-state index contributed by atoms with van der Waals surface area (Å²) in [5.74, 6) is 0.438. The van der Waals surface area contributed by atoms with Crippen LogP contribution in [0.2, 0.25) is 5.02 Å². The quantitative estimate of drug-likeness (QED) is 0.344. The van der Waals surface area contributed by atoms with Crippen molar-refractivity contribution in [2.45, 2.75) is 31.8 Å². The van der Waals surface area contributed by atoms with Crippen LogP contribution >= 0.6 is 11.6 Å². The Bertz CT molecular complexity index is 1450. The molecule has 1 unspecified atom stereocenters. The number of nitrogens with one attached hydrogen (secondary N) is 1. The molecular weight excluding hydrogens is 554 g/mol. The minimum Gasteiger partial charge on any atom is -0.454 e. The number of hydrogen-bond acceptors (Lipinski definition) is 6. The van der Waals surface area contributed by atoms with Crippen LogP contribution in [0.3, 0.4) is 0 Å². The van der Waals surface area contributed by atoms with E-state index in [0.717, 1.165) is 17.4 Å². The average molecular weight is 586 g/mol. The van der Waals surface area contributed by atoms with Gasteiger partial charge in [-0.15, -0.1) is 0 Å². The minimum atomic E-state index is -3.65. The summed E-state index contributed by atoms with van der Waals surface area (Å²) in [5, 5.41) is 3.21. The lowest BCUT2D eigenvalue weighted by molar-refractivity contribution is -0.141. The standard InChI is InChI=1S/C29H32ClN3O6S/c1-31-29(35)25(17-21-8-4-3-5-9-21)32(19-22-10-6-11-23(30)16-22)28(34)12-7-15-33(40(2,36)37)24-13-14-26-27(18-24)39-20-38-26/h3-6,8-11,13-14,16,18,25H,7,12,15,17,19-20H2,1-2H3,(H,31,35). The normalized spacial score (nSPS) is 13.0. The molecular formula is C29H32ClN3O6S. The average Bonchev–Trinajstić information content (AvgIpc) is 3.40. The number of anilines is 1. The van der Waals surface area contributed by atoms with Gasteiger partial charge in [0.15, 0.2) is 11.5 Å². The highest BCUT2D eigenvalue weighted by Crippen LogP contribution is 2.36. The van der Waals surface area contributed by atoms with Gasteiger partial charge in [-0.05, 0) is 41.8 Å². The van der Waals surface area contributed by atoms with Crippen LogP contribution < -0.4 is 19.1 Å². The second-order valence-corrected chi connectivity index (χ2v) is 11.8. The number of halogens is 1. The zero-order valence-electron chi connectivity index (χ0n) is 22.4. The number of fused-ring (bicyclic) bond motifs is 1. The molecule has 0 aromatic heterocycles. The molecule has 0 saturated carbocycles. The molecule has 1 N–H and O–H groups in total. The molecule has 0 radical (unpaired) electrons. The summed E-state index contributed by atoms with van der Waals surface area (Å²) in [5.41, 5.74) is 2.11. The molecule has 2 amide bonds. The Morgan fingerprint density at radius 2 is 1.70 bits per heavy atom. The van der Waals surface area contributed by atoms with E-state index in [4.69, 9.17) is 21.1 Å². The summed E-state index contributed by atoms with van der Waals surface area (Å²) in [7, 11) is -2.11. The van der Waals surface area contributed by atoms with Gasteiger partial charge in [0.25, 0.3) is 0 Å². The highest BCUT2D eigenvalue weighted by atomic mass is 35.5. The van der Waals surface area contributed by atoms with Crippen molar-refractivity contribution < 1.29 is 27.5 Å². The number of likely N-dealkylation sites (N-methyl/N-ethyl adjacent to an activating group) is 1. The molecule has 3 aromatic rings. The zero-order chi connectivity index (χ0) is 28.7. The maximum absolute atomic E-state index is 13.7. The third-order valence-electron chi connectivity index (χ3n) is 6.56. The smallest absolute Gasteiger partial charge is 0.242 e. The molecule has 1 atom stereocenters. The number of rotatable bonds is 12. The molecule has 9 nitrogen and oxygen atoms in total. The van der Waals surface area contributed by atoms with E-state index >= 15 is 0 Å². The lowest BCUT2D eigenvalue weighted by atomic mass is 10.0. The second kappa shape index (κ2) is 13.1. The van der Waals surface area contributed by atoms with E-state index < -0.39 is 16.1 Å². The number of nitrogens with zero attached hydrogens (tertiary/aromatic N) is 2.